The van der Waals surface area contributed by atoms with E-state index in [9.17, 15) is 4.79 Å². The molecule has 0 aromatic rings. The third-order valence-corrected chi connectivity index (χ3v) is 4.09. The van der Waals surface area contributed by atoms with Gasteiger partial charge in [-0.05, 0) is 25.8 Å². The lowest BCUT2D eigenvalue weighted by atomic mass is 10.00. The van der Waals surface area contributed by atoms with Gasteiger partial charge in [-0.25, -0.2) is 0 Å². The van der Waals surface area contributed by atoms with Crippen molar-refractivity contribution in [3.8, 4) is 0 Å². The number of rotatable bonds is 5. The summed E-state index contributed by atoms with van der Waals surface area (Å²) in [6, 6.07) is 0. The fourth-order valence-corrected chi connectivity index (χ4v) is 2.82. The summed E-state index contributed by atoms with van der Waals surface area (Å²) in [6.45, 7) is 7.37. The molecule has 2 fully saturated rings. The Hall–Kier alpha value is -0.650. The quantitative estimate of drug-likeness (QED) is 0.772. The number of carbonyl (C=O) groups excluding carboxylic acids is 1. The van der Waals surface area contributed by atoms with Gasteiger partial charge in [-0.2, -0.15) is 0 Å². The van der Waals surface area contributed by atoms with Crippen LogP contribution >= 0.6 is 0 Å². The average molecular weight is 269 g/mol. The second-order valence-corrected chi connectivity index (χ2v) is 5.70. The summed E-state index contributed by atoms with van der Waals surface area (Å²) < 4.78 is 5.37. The molecule has 2 aliphatic rings. The summed E-state index contributed by atoms with van der Waals surface area (Å²) in [5.74, 6) is 1.05. The van der Waals surface area contributed by atoms with Crippen LogP contribution in [0.5, 0.6) is 0 Å². The van der Waals surface area contributed by atoms with Crippen LogP contribution in [0.15, 0.2) is 0 Å². The van der Waals surface area contributed by atoms with E-state index >= 15 is 0 Å². The molecule has 2 rings (SSSR count). The molecule has 0 spiro atoms. The minimum atomic E-state index is 0.306. The minimum Gasteiger partial charge on any atom is -0.381 e. The Morgan fingerprint density at radius 1 is 1.32 bits per heavy atom. The molecule has 0 bridgehead atoms. The van der Waals surface area contributed by atoms with Crippen molar-refractivity contribution < 1.29 is 9.53 Å². The molecular formula is C14H27N3O2. The van der Waals surface area contributed by atoms with Crippen molar-refractivity contribution >= 4 is 5.91 Å². The van der Waals surface area contributed by atoms with Gasteiger partial charge in [0.1, 0.15) is 0 Å². The standard InChI is InChI=1S/C14H27N3O2/c1-16(12-13-3-10-19-11-4-13)7-2-14(18)17-8-5-15-6-9-17/h13,15H,2-12H2,1H3. The van der Waals surface area contributed by atoms with Gasteiger partial charge in [0.05, 0.1) is 0 Å². The number of hydrogen-bond acceptors (Lipinski definition) is 4. The highest BCUT2D eigenvalue weighted by atomic mass is 16.5. The average Bonchev–Trinajstić information content (AvgIpc) is 2.47. The summed E-state index contributed by atoms with van der Waals surface area (Å²) in [7, 11) is 2.13. The van der Waals surface area contributed by atoms with Gasteiger partial charge in [0.15, 0.2) is 0 Å². The Balaban J connectivity index is 1.61. The van der Waals surface area contributed by atoms with Crippen LogP contribution in [-0.4, -0.2) is 75.2 Å². The largest absolute Gasteiger partial charge is 0.381 e. The van der Waals surface area contributed by atoms with Crippen LogP contribution in [0, 0.1) is 5.92 Å². The highest BCUT2D eigenvalue weighted by molar-refractivity contribution is 5.76. The summed E-state index contributed by atoms with van der Waals surface area (Å²) in [5.41, 5.74) is 0. The highest BCUT2D eigenvalue weighted by Crippen LogP contribution is 2.15. The smallest absolute Gasteiger partial charge is 0.223 e. The first-order valence-corrected chi connectivity index (χ1v) is 7.50. The lowest BCUT2D eigenvalue weighted by molar-refractivity contribution is -0.132. The Labute approximate surface area is 116 Å². The Bertz CT molecular complexity index is 274. The van der Waals surface area contributed by atoms with E-state index in [1.165, 1.54) is 0 Å². The highest BCUT2D eigenvalue weighted by Gasteiger charge is 2.18. The maximum absolute atomic E-state index is 12.0. The van der Waals surface area contributed by atoms with Crippen molar-refractivity contribution in [2.24, 2.45) is 5.92 Å². The summed E-state index contributed by atoms with van der Waals surface area (Å²) >= 11 is 0. The van der Waals surface area contributed by atoms with Crippen LogP contribution in [0.4, 0.5) is 0 Å². The first-order chi connectivity index (χ1) is 9.25. The van der Waals surface area contributed by atoms with E-state index in [1.807, 2.05) is 4.90 Å². The molecule has 1 N–H and O–H groups in total. The van der Waals surface area contributed by atoms with E-state index in [0.29, 0.717) is 12.3 Å². The van der Waals surface area contributed by atoms with Crippen molar-refractivity contribution in [3.63, 3.8) is 0 Å². The van der Waals surface area contributed by atoms with E-state index < -0.39 is 0 Å². The molecule has 2 heterocycles. The predicted molar refractivity (Wildman–Crippen MR) is 75.1 cm³/mol. The van der Waals surface area contributed by atoms with E-state index in [0.717, 1.165) is 71.2 Å². The molecule has 0 atom stereocenters. The number of nitrogens with zero attached hydrogens (tertiary/aromatic N) is 2. The molecule has 0 aromatic carbocycles. The zero-order valence-electron chi connectivity index (χ0n) is 12.1. The number of hydrogen-bond donors (Lipinski definition) is 1. The van der Waals surface area contributed by atoms with Gasteiger partial charge in [0.25, 0.3) is 0 Å². The number of amides is 1. The molecule has 0 saturated carbocycles. The topological polar surface area (TPSA) is 44.8 Å². The van der Waals surface area contributed by atoms with Crippen molar-refractivity contribution in [3.05, 3.63) is 0 Å². The molecule has 110 valence electrons. The van der Waals surface area contributed by atoms with Crippen LogP contribution in [-0.2, 0) is 9.53 Å². The van der Waals surface area contributed by atoms with Gasteiger partial charge < -0.3 is 19.9 Å². The fraction of sp³-hybridized carbons (Fsp3) is 0.929. The maximum atomic E-state index is 12.0. The summed E-state index contributed by atoms with van der Waals surface area (Å²) in [5, 5.41) is 3.27. The number of piperazine rings is 1. The van der Waals surface area contributed by atoms with Crippen LogP contribution in [0.1, 0.15) is 19.3 Å². The lowest BCUT2D eigenvalue weighted by Gasteiger charge is -2.29. The molecule has 0 aliphatic carbocycles. The van der Waals surface area contributed by atoms with Gasteiger partial charge in [-0.15, -0.1) is 0 Å². The second-order valence-electron chi connectivity index (χ2n) is 5.70. The van der Waals surface area contributed by atoms with Crippen molar-refractivity contribution in [2.45, 2.75) is 19.3 Å². The second kappa shape index (κ2) is 7.82. The molecule has 2 aliphatic heterocycles. The molecule has 0 unspecified atom stereocenters. The van der Waals surface area contributed by atoms with Crippen LogP contribution in [0.2, 0.25) is 0 Å². The fourth-order valence-electron chi connectivity index (χ4n) is 2.82. The first kappa shape index (κ1) is 14.8. The zero-order valence-corrected chi connectivity index (χ0v) is 12.1. The van der Waals surface area contributed by atoms with E-state index in [-0.39, 0.29) is 0 Å². The van der Waals surface area contributed by atoms with E-state index in [4.69, 9.17) is 4.74 Å². The molecule has 2 saturated heterocycles. The van der Waals surface area contributed by atoms with Gasteiger partial charge in [-0.1, -0.05) is 0 Å². The van der Waals surface area contributed by atoms with E-state index in [2.05, 4.69) is 17.3 Å². The molecule has 0 aromatic heterocycles. The summed E-state index contributed by atoms with van der Waals surface area (Å²) in [6.07, 6.45) is 2.98. The normalized spacial score (nSPS) is 21.9. The SMILES string of the molecule is CN(CCC(=O)N1CCNCC1)CC1CCOCC1. The molecule has 5 nitrogen and oxygen atoms in total. The van der Waals surface area contributed by atoms with Crippen molar-refractivity contribution in [1.82, 2.24) is 15.1 Å². The van der Waals surface area contributed by atoms with E-state index in [1.54, 1.807) is 0 Å². The lowest BCUT2D eigenvalue weighted by Crippen LogP contribution is -2.47. The maximum Gasteiger partial charge on any atom is 0.223 e. The summed E-state index contributed by atoms with van der Waals surface area (Å²) in [4.78, 5) is 16.3. The third-order valence-electron chi connectivity index (χ3n) is 4.09. The van der Waals surface area contributed by atoms with Crippen LogP contribution in [0.3, 0.4) is 0 Å². The Morgan fingerprint density at radius 2 is 2.00 bits per heavy atom. The van der Waals surface area contributed by atoms with Gasteiger partial charge in [-0.3, -0.25) is 4.79 Å². The molecule has 19 heavy (non-hydrogen) atoms. The first-order valence-electron chi connectivity index (χ1n) is 7.50. The van der Waals surface area contributed by atoms with Crippen LogP contribution < -0.4 is 5.32 Å². The van der Waals surface area contributed by atoms with Gasteiger partial charge in [0.2, 0.25) is 5.91 Å². The van der Waals surface area contributed by atoms with Gasteiger partial charge >= 0.3 is 0 Å². The zero-order chi connectivity index (χ0) is 13.5. The Morgan fingerprint density at radius 3 is 2.68 bits per heavy atom. The Kier molecular flexibility index (Phi) is 6.07. The van der Waals surface area contributed by atoms with Crippen molar-refractivity contribution in [1.29, 1.82) is 0 Å². The monoisotopic (exact) mass is 269 g/mol. The third kappa shape index (κ3) is 5.09. The molecule has 1 amide bonds. The molecule has 0 radical (unpaired) electrons. The molecular weight excluding hydrogens is 242 g/mol. The molecule has 5 heteroatoms. The van der Waals surface area contributed by atoms with Crippen LogP contribution in [0.25, 0.3) is 0 Å². The number of ether oxygens (including phenoxy) is 1. The number of nitrogens with one attached hydrogen (secondary N) is 1. The number of carbonyl (C=O) groups is 1. The van der Waals surface area contributed by atoms with Gasteiger partial charge in [0, 0.05) is 58.9 Å². The minimum absolute atomic E-state index is 0.306. The van der Waals surface area contributed by atoms with Crippen molar-refractivity contribution in [2.75, 3.05) is 59.5 Å². The predicted octanol–water partition coefficient (Wildman–Crippen LogP) is 0.167.